The zero-order valence-electron chi connectivity index (χ0n) is 4.72. The van der Waals surface area contributed by atoms with E-state index in [1.54, 1.807) is 0 Å². The highest BCUT2D eigenvalue weighted by atomic mass is 32.2. The van der Waals surface area contributed by atoms with E-state index in [2.05, 4.69) is 13.2 Å². The van der Waals surface area contributed by atoms with Crippen LogP contribution in [-0.2, 0) is 9.84 Å². The van der Waals surface area contributed by atoms with Crippen LogP contribution in [0.25, 0.3) is 0 Å². The van der Waals surface area contributed by atoms with Crippen molar-refractivity contribution in [3.05, 3.63) is 24.1 Å². The first kappa shape index (κ1) is 7.43. The minimum Gasteiger partial charge on any atom is -0.224 e. The molecule has 0 radical (unpaired) electrons. The van der Waals surface area contributed by atoms with Gasteiger partial charge in [-0.2, -0.15) is 0 Å². The molecule has 2 nitrogen and oxygen atoms in total. The Bertz CT molecular complexity index is 198. The van der Waals surface area contributed by atoms with Crippen molar-refractivity contribution in [2.24, 2.45) is 0 Å². The molecule has 0 aliphatic rings. The molecule has 3 heteroatoms. The molecular formula is C5H8O2S. The van der Waals surface area contributed by atoms with Gasteiger partial charge in [0.2, 0.25) is 0 Å². The molecule has 0 atom stereocenters. The summed E-state index contributed by atoms with van der Waals surface area (Å²) in [5.74, 6) is 0. The summed E-state index contributed by atoms with van der Waals surface area (Å²) in [6.45, 7) is 6.49. The van der Waals surface area contributed by atoms with E-state index in [-0.39, 0.29) is 4.91 Å². The van der Waals surface area contributed by atoms with E-state index in [0.29, 0.717) is 0 Å². The van der Waals surface area contributed by atoms with Gasteiger partial charge in [-0.25, -0.2) is 8.42 Å². The normalized spacial score (nSPS) is 10.6. The van der Waals surface area contributed by atoms with Gasteiger partial charge in [-0.15, -0.1) is 0 Å². The van der Waals surface area contributed by atoms with E-state index < -0.39 is 9.84 Å². The Morgan fingerprint density at radius 2 is 2.00 bits per heavy atom. The number of rotatable bonds is 2. The van der Waals surface area contributed by atoms with Crippen LogP contribution in [0.4, 0.5) is 0 Å². The van der Waals surface area contributed by atoms with Gasteiger partial charge in [0, 0.05) is 6.26 Å². The second-order valence-electron chi connectivity index (χ2n) is 1.44. The van der Waals surface area contributed by atoms with Crippen LogP contribution in [0.3, 0.4) is 0 Å². The van der Waals surface area contributed by atoms with Gasteiger partial charge in [0.1, 0.15) is 0 Å². The molecule has 0 heterocycles. The number of allylic oxidation sites excluding steroid dienone is 1. The van der Waals surface area contributed by atoms with Crippen LogP contribution in [0, 0.1) is 0 Å². The Labute approximate surface area is 49.4 Å². The molecule has 0 aromatic heterocycles. The molecule has 0 amide bonds. The lowest BCUT2D eigenvalue weighted by Gasteiger charge is -1.90. The fraction of sp³-hybridized carbons (Fsp3) is 0.200. The van der Waals surface area contributed by atoms with Gasteiger partial charge < -0.3 is 0 Å². The Morgan fingerprint density at radius 3 is 2.00 bits per heavy atom. The topological polar surface area (TPSA) is 34.1 Å². The van der Waals surface area contributed by atoms with Crippen molar-refractivity contribution >= 4 is 9.84 Å². The van der Waals surface area contributed by atoms with Crippen LogP contribution in [0.5, 0.6) is 0 Å². The van der Waals surface area contributed by atoms with Crippen molar-refractivity contribution in [1.29, 1.82) is 0 Å². The van der Waals surface area contributed by atoms with Crippen LogP contribution < -0.4 is 0 Å². The smallest absolute Gasteiger partial charge is 0.174 e. The second kappa shape index (κ2) is 2.13. The first-order valence-electron chi connectivity index (χ1n) is 2.00. The molecule has 0 aliphatic heterocycles. The van der Waals surface area contributed by atoms with Crippen molar-refractivity contribution in [2.75, 3.05) is 6.26 Å². The Kier molecular flexibility index (Phi) is 1.98. The zero-order chi connectivity index (χ0) is 6.78. The Morgan fingerprint density at radius 1 is 1.62 bits per heavy atom. The average Bonchev–Trinajstić information content (AvgIpc) is 1.62. The molecule has 0 unspecified atom stereocenters. The number of hydrogen-bond acceptors (Lipinski definition) is 2. The predicted octanol–water partition coefficient (Wildman–Crippen LogP) is 0.731. The number of hydrogen-bond donors (Lipinski definition) is 0. The molecule has 0 saturated heterocycles. The lowest BCUT2D eigenvalue weighted by Crippen LogP contribution is -1.95. The SMILES string of the molecule is C=CC(=C)S(C)(=O)=O. The highest BCUT2D eigenvalue weighted by Gasteiger charge is 2.00. The Balaban J connectivity index is 4.53. The summed E-state index contributed by atoms with van der Waals surface area (Å²) in [7, 11) is -3.07. The summed E-state index contributed by atoms with van der Waals surface area (Å²) in [6, 6.07) is 0. The van der Waals surface area contributed by atoms with Crippen molar-refractivity contribution in [1.82, 2.24) is 0 Å². The third kappa shape index (κ3) is 1.93. The molecule has 0 rings (SSSR count). The second-order valence-corrected chi connectivity index (χ2v) is 3.51. The molecule has 0 aliphatic carbocycles. The molecular weight excluding hydrogens is 124 g/mol. The number of sulfone groups is 1. The van der Waals surface area contributed by atoms with E-state index in [9.17, 15) is 8.42 Å². The highest BCUT2D eigenvalue weighted by Crippen LogP contribution is 1.99. The van der Waals surface area contributed by atoms with Gasteiger partial charge in [-0.1, -0.05) is 19.2 Å². The summed E-state index contributed by atoms with van der Waals surface area (Å²) in [5, 5.41) is 0. The van der Waals surface area contributed by atoms with Crippen LogP contribution in [0.1, 0.15) is 0 Å². The predicted molar refractivity (Wildman–Crippen MR) is 34.2 cm³/mol. The molecule has 8 heavy (non-hydrogen) atoms. The molecule has 0 N–H and O–H groups in total. The maximum Gasteiger partial charge on any atom is 0.174 e. The van der Waals surface area contributed by atoms with Gasteiger partial charge in [-0.3, -0.25) is 0 Å². The third-order valence-electron chi connectivity index (χ3n) is 0.704. The van der Waals surface area contributed by atoms with Crippen LogP contribution in [0.15, 0.2) is 24.1 Å². The lowest BCUT2D eigenvalue weighted by atomic mass is 10.6. The Hall–Kier alpha value is -0.570. The van der Waals surface area contributed by atoms with Crippen LogP contribution in [-0.4, -0.2) is 14.7 Å². The van der Waals surface area contributed by atoms with Crippen LogP contribution in [0.2, 0.25) is 0 Å². The monoisotopic (exact) mass is 132 g/mol. The molecule has 0 saturated carbocycles. The first-order chi connectivity index (χ1) is 3.48. The summed E-state index contributed by atoms with van der Waals surface area (Å²) < 4.78 is 20.8. The summed E-state index contributed by atoms with van der Waals surface area (Å²) in [5.41, 5.74) is 0. The lowest BCUT2D eigenvalue weighted by molar-refractivity contribution is 0.608. The van der Waals surface area contributed by atoms with Crippen molar-refractivity contribution < 1.29 is 8.42 Å². The summed E-state index contributed by atoms with van der Waals surface area (Å²) in [6.07, 6.45) is 2.31. The van der Waals surface area contributed by atoms with E-state index in [1.807, 2.05) is 0 Å². The molecule has 0 aromatic rings. The summed E-state index contributed by atoms with van der Waals surface area (Å²) in [4.78, 5) is 0.0671. The molecule has 0 bridgehead atoms. The molecule has 0 fully saturated rings. The van der Waals surface area contributed by atoms with Gasteiger partial charge in [0.25, 0.3) is 0 Å². The fourth-order valence-electron chi connectivity index (χ4n) is 0.151. The van der Waals surface area contributed by atoms with Crippen LogP contribution >= 0.6 is 0 Å². The van der Waals surface area contributed by atoms with Gasteiger partial charge in [-0.05, 0) is 0 Å². The molecule has 0 aromatic carbocycles. The highest BCUT2D eigenvalue weighted by molar-refractivity contribution is 7.94. The van der Waals surface area contributed by atoms with E-state index in [0.717, 1.165) is 6.26 Å². The molecule has 0 spiro atoms. The van der Waals surface area contributed by atoms with Crippen molar-refractivity contribution in [2.45, 2.75) is 0 Å². The fourth-order valence-corrected chi connectivity index (χ4v) is 0.454. The average molecular weight is 132 g/mol. The molecule has 46 valence electrons. The first-order valence-corrected chi connectivity index (χ1v) is 3.89. The van der Waals surface area contributed by atoms with Gasteiger partial charge in [0.15, 0.2) is 9.84 Å². The van der Waals surface area contributed by atoms with Crippen molar-refractivity contribution in [3.63, 3.8) is 0 Å². The van der Waals surface area contributed by atoms with E-state index in [4.69, 9.17) is 0 Å². The maximum atomic E-state index is 10.4. The maximum absolute atomic E-state index is 10.4. The van der Waals surface area contributed by atoms with Gasteiger partial charge >= 0.3 is 0 Å². The van der Waals surface area contributed by atoms with E-state index in [1.165, 1.54) is 6.08 Å². The minimum absolute atomic E-state index is 0.0671. The van der Waals surface area contributed by atoms with Crippen molar-refractivity contribution in [3.8, 4) is 0 Å². The third-order valence-corrected chi connectivity index (χ3v) is 1.82. The standard InChI is InChI=1S/C5H8O2S/c1-4-5(2)8(3,6)7/h4H,1-2H2,3H3. The zero-order valence-corrected chi connectivity index (χ0v) is 5.53. The minimum atomic E-state index is -3.07. The largest absolute Gasteiger partial charge is 0.224 e. The van der Waals surface area contributed by atoms with E-state index >= 15 is 0 Å². The summed E-state index contributed by atoms with van der Waals surface area (Å²) >= 11 is 0. The quantitative estimate of drug-likeness (QED) is 0.519. The van der Waals surface area contributed by atoms with Gasteiger partial charge in [0.05, 0.1) is 4.91 Å².